The lowest BCUT2D eigenvalue weighted by Gasteiger charge is -2.30. The van der Waals surface area contributed by atoms with Crippen LogP contribution in [-0.4, -0.2) is 67.9 Å². The highest BCUT2D eigenvalue weighted by Crippen LogP contribution is 2.47. The predicted molar refractivity (Wildman–Crippen MR) is 191 cm³/mol. The molecule has 14 nitrogen and oxygen atoms in total. The molecule has 9 rings (SSSR count). The van der Waals surface area contributed by atoms with Gasteiger partial charge >= 0.3 is 23.9 Å². The zero-order valence-electron chi connectivity index (χ0n) is 27.0. The second-order valence-electron chi connectivity index (χ2n) is 12.8. The molecular formula is C40H18N2O12. The normalized spacial score (nSPS) is 13.9. The number of fused-ring (bicyclic) bond motifs is 2. The summed E-state index contributed by atoms with van der Waals surface area (Å²) in [5, 5.41) is 42.5. The molecule has 0 atom stereocenters. The van der Waals surface area contributed by atoms with Gasteiger partial charge in [-0.15, -0.1) is 0 Å². The molecule has 7 aromatic rings. The molecule has 0 unspecified atom stereocenters. The maximum atomic E-state index is 14.1. The van der Waals surface area contributed by atoms with Gasteiger partial charge in [-0.1, -0.05) is 24.3 Å². The molecule has 0 fully saturated rings. The van der Waals surface area contributed by atoms with Crippen molar-refractivity contribution in [2.24, 2.45) is 0 Å². The summed E-state index contributed by atoms with van der Waals surface area (Å²) in [6.07, 6.45) is 0. The lowest BCUT2D eigenvalue weighted by atomic mass is 9.82. The van der Waals surface area contributed by atoms with Crippen LogP contribution in [0.15, 0.2) is 84.9 Å². The molecule has 0 spiro atoms. The number of carboxylic acids is 4. The first-order valence-corrected chi connectivity index (χ1v) is 16.0. The van der Waals surface area contributed by atoms with E-state index >= 15 is 0 Å². The van der Waals surface area contributed by atoms with Crippen molar-refractivity contribution in [2.45, 2.75) is 0 Å². The van der Waals surface area contributed by atoms with Gasteiger partial charge in [0.1, 0.15) is 0 Å². The Kier molecular flexibility index (Phi) is 6.36. The maximum Gasteiger partial charge on any atom is 0.335 e. The summed E-state index contributed by atoms with van der Waals surface area (Å²) in [5.41, 5.74) is -1.80. The van der Waals surface area contributed by atoms with E-state index in [-0.39, 0.29) is 33.6 Å². The van der Waals surface area contributed by atoms with E-state index in [1.165, 1.54) is 24.3 Å². The van der Waals surface area contributed by atoms with E-state index in [2.05, 4.69) is 0 Å². The second kappa shape index (κ2) is 10.8. The zero-order valence-corrected chi connectivity index (χ0v) is 27.0. The maximum absolute atomic E-state index is 14.1. The SMILES string of the molecule is O=C(O)c1cc(C(=O)O)cc(N2C(=O)c3ccc4c5ccc6c7c(ccc(c8ccc(c3c48)C2=O)c75)C(=O)N(c2cc(C(=O)O)cc(C(=O)O)c2)C6=O)c1. The van der Waals surface area contributed by atoms with Crippen LogP contribution in [0.4, 0.5) is 11.4 Å². The monoisotopic (exact) mass is 718 g/mol. The summed E-state index contributed by atoms with van der Waals surface area (Å²) < 4.78 is 0. The molecule has 0 bridgehead atoms. The molecule has 0 radical (unpaired) electrons. The minimum Gasteiger partial charge on any atom is -0.478 e. The smallest absolute Gasteiger partial charge is 0.335 e. The Morgan fingerprint density at radius 3 is 0.815 bits per heavy atom. The Hall–Kier alpha value is -8.00. The Morgan fingerprint density at radius 1 is 0.352 bits per heavy atom. The van der Waals surface area contributed by atoms with Crippen LogP contribution in [0, 0.1) is 0 Å². The van der Waals surface area contributed by atoms with E-state index in [0.717, 1.165) is 46.2 Å². The van der Waals surface area contributed by atoms with Gasteiger partial charge < -0.3 is 20.4 Å². The number of rotatable bonds is 6. The molecule has 4 N–H and O–H groups in total. The molecule has 260 valence electrons. The van der Waals surface area contributed by atoms with Crippen LogP contribution in [0.5, 0.6) is 0 Å². The van der Waals surface area contributed by atoms with Crippen molar-refractivity contribution in [3.8, 4) is 0 Å². The van der Waals surface area contributed by atoms with Crippen molar-refractivity contribution in [1.82, 2.24) is 0 Å². The Bertz CT molecular complexity index is 2660. The molecule has 0 aromatic heterocycles. The fraction of sp³-hybridized carbons (Fsp3) is 0. The van der Waals surface area contributed by atoms with E-state index in [0.29, 0.717) is 43.1 Å². The van der Waals surface area contributed by atoms with Gasteiger partial charge in [0.25, 0.3) is 23.6 Å². The minimum atomic E-state index is -1.45. The number of hydrogen-bond acceptors (Lipinski definition) is 8. The van der Waals surface area contributed by atoms with Crippen LogP contribution < -0.4 is 9.80 Å². The predicted octanol–water partition coefficient (Wildman–Crippen LogP) is 6.13. The van der Waals surface area contributed by atoms with Crippen LogP contribution in [0.1, 0.15) is 82.9 Å². The topological polar surface area (TPSA) is 224 Å². The van der Waals surface area contributed by atoms with E-state index in [1.54, 1.807) is 24.3 Å². The Labute approximate surface area is 299 Å². The number of hydrogen-bond donors (Lipinski definition) is 4. The molecule has 54 heavy (non-hydrogen) atoms. The fourth-order valence-corrected chi connectivity index (χ4v) is 7.71. The van der Waals surface area contributed by atoms with Crippen molar-refractivity contribution in [3.63, 3.8) is 0 Å². The first-order chi connectivity index (χ1) is 25.8. The van der Waals surface area contributed by atoms with Crippen LogP contribution in [0.25, 0.3) is 43.1 Å². The van der Waals surface area contributed by atoms with Crippen molar-refractivity contribution < 1.29 is 58.8 Å². The number of carboxylic acid groups (broad SMARTS) is 4. The van der Waals surface area contributed by atoms with Gasteiger partial charge in [0.15, 0.2) is 0 Å². The molecule has 2 aliphatic heterocycles. The number of benzene rings is 7. The summed E-state index contributed by atoms with van der Waals surface area (Å²) in [5.74, 6) is -9.04. The lowest BCUT2D eigenvalue weighted by Crippen LogP contribution is -2.41. The van der Waals surface area contributed by atoms with Gasteiger partial charge in [0, 0.05) is 33.0 Å². The summed E-state index contributed by atoms with van der Waals surface area (Å²) in [7, 11) is 0. The second-order valence-corrected chi connectivity index (χ2v) is 12.8. The van der Waals surface area contributed by atoms with Gasteiger partial charge in [0.05, 0.1) is 33.6 Å². The Morgan fingerprint density at radius 2 is 0.593 bits per heavy atom. The van der Waals surface area contributed by atoms with E-state index in [1.807, 2.05) is 0 Å². The molecule has 4 amide bonds. The highest BCUT2D eigenvalue weighted by atomic mass is 16.4. The first-order valence-electron chi connectivity index (χ1n) is 16.0. The lowest BCUT2D eigenvalue weighted by molar-refractivity contribution is 0.0676. The number of amides is 4. The number of anilines is 2. The third-order valence-corrected chi connectivity index (χ3v) is 9.98. The average Bonchev–Trinajstić information content (AvgIpc) is 3.15. The van der Waals surface area contributed by atoms with Crippen LogP contribution >= 0.6 is 0 Å². The molecule has 14 heteroatoms. The number of imide groups is 2. The summed E-state index contributed by atoms with van der Waals surface area (Å²) in [6.45, 7) is 0. The standard InChI is InChI=1S/C40H18N2O12/c43-33-25-5-1-21-22-2-6-27-32-28(36(46)42(35(27)45)20-13-17(39(51)52)10-18(14-20)40(53)54)8-4-24(30(22)32)23-3-7-26(31(25)29(21)23)34(44)41(33)19-11-15(37(47)48)9-16(12-19)38(49)50/h1-14H,(H,47,48)(H,49,50)(H,51,52)(H,53,54). The number of carbonyl (C=O) groups excluding carboxylic acids is 4. The van der Waals surface area contributed by atoms with Crippen LogP contribution in [0.3, 0.4) is 0 Å². The van der Waals surface area contributed by atoms with Gasteiger partial charge in [-0.05, 0) is 93.0 Å². The highest BCUT2D eigenvalue weighted by molar-refractivity contribution is 6.45. The van der Waals surface area contributed by atoms with Crippen molar-refractivity contribution >= 4 is 102 Å². The van der Waals surface area contributed by atoms with Gasteiger partial charge in [-0.25, -0.2) is 29.0 Å². The largest absolute Gasteiger partial charge is 0.478 e. The molecule has 2 heterocycles. The first kappa shape index (κ1) is 31.9. The molecule has 7 aromatic carbocycles. The van der Waals surface area contributed by atoms with Gasteiger partial charge in [0.2, 0.25) is 0 Å². The third kappa shape index (κ3) is 4.15. The van der Waals surface area contributed by atoms with Crippen LogP contribution in [0.2, 0.25) is 0 Å². The number of nitrogens with zero attached hydrogens (tertiary/aromatic N) is 2. The van der Waals surface area contributed by atoms with E-state index in [9.17, 15) is 58.8 Å². The van der Waals surface area contributed by atoms with Crippen LogP contribution in [-0.2, 0) is 0 Å². The van der Waals surface area contributed by atoms with E-state index in [4.69, 9.17) is 0 Å². The summed E-state index contributed by atoms with van der Waals surface area (Å²) >= 11 is 0. The Balaban J connectivity index is 1.25. The molecule has 0 aliphatic carbocycles. The van der Waals surface area contributed by atoms with Gasteiger partial charge in [-0.2, -0.15) is 0 Å². The quantitative estimate of drug-likeness (QED) is 0.0866. The average molecular weight is 719 g/mol. The number of carbonyl (C=O) groups is 8. The molecule has 2 aliphatic rings. The van der Waals surface area contributed by atoms with E-state index < -0.39 is 69.8 Å². The summed E-state index contributed by atoms with van der Waals surface area (Å²) in [4.78, 5) is 105. The summed E-state index contributed by atoms with van der Waals surface area (Å²) in [6, 6.07) is 18.7. The third-order valence-electron chi connectivity index (χ3n) is 9.98. The van der Waals surface area contributed by atoms with Crippen molar-refractivity contribution in [2.75, 3.05) is 9.80 Å². The fourth-order valence-electron chi connectivity index (χ4n) is 7.71. The minimum absolute atomic E-state index is 0.0992. The molecule has 0 saturated carbocycles. The van der Waals surface area contributed by atoms with Gasteiger partial charge in [-0.3, -0.25) is 19.2 Å². The van der Waals surface area contributed by atoms with Crippen molar-refractivity contribution in [1.29, 1.82) is 0 Å². The van der Waals surface area contributed by atoms with Crippen molar-refractivity contribution in [3.05, 3.63) is 129 Å². The zero-order chi connectivity index (χ0) is 38.1. The molecule has 0 saturated heterocycles. The number of aromatic carboxylic acids is 4. The highest BCUT2D eigenvalue weighted by Gasteiger charge is 2.39. The molecular weight excluding hydrogens is 700 g/mol.